The topological polar surface area (TPSA) is 80.5 Å². The minimum atomic E-state index is -0.455. The largest absolute Gasteiger partial charge is 0.403 e. The Morgan fingerprint density at radius 1 is 0.900 bits per heavy atom. The van der Waals surface area contributed by atoms with E-state index in [0.29, 0.717) is 21.5 Å². The molecule has 3 heterocycles. The van der Waals surface area contributed by atoms with Crippen LogP contribution < -0.4 is 10.5 Å². The van der Waals surface area contributed by atoms with Crippen LogP contribution in [-0.2, 0) is 9.59 Å². The van der Waals surface area contributed by atoms with Crippen molar-refractivity contribution in [2.24, 2.45) is 0 Å². The van der Waals surface area contributed by atoms with Gasteiger partial charge in [0, 0.05) is 33.8 Å². The third kappa shape index (κ3) is 3.18. The van der Waals surface area contributed by atoms with E-state index in [9.17, 15) is 14.4 Å². The number of carbonyl (C=O) groups excluding carboxylic acids is 2. The molecule has 0 aliphatic carbocycles. The van der Waals surface area contributed by atoms with Crippen LogP contribution in [0.25, 0.3) is 32.8 Å². The van der Waals surface area contributed by atoms with Gasteiger partial charge in [0.1, 0.15) is 10.2 Å². The van der Waals surface area contributed by atoms with Crippen molar-refractivity contribution in [2.45, 2.75) is 12.8 Å². The molecule has 2 aromatic heterocycles. The average Bonchev–Trinajstić information content (AvgIpc) is 3.32. The van der Waals surface area contributed by atoms with Crippen LogP contribution in [0.15, 0.2) is 67.6 Å². The maximum absolute atomic E-state index is 12.8. The fourth-order valence-corrected chi connectivity index (χ4v) is 4.66. The Kier molecular flexibility index (Phi) is 4.60. The number of halogens is 1. The van der Waals surface area contributed by atoms with E-state index < -0.39 is 5.63 Å². The van der Waals surface area contributed by atoms with E-state index >= 15 is 0 Å². The highest BCUT2D eigenvalue weighted by molar-refractivity contribution is 9.10. The number of rotatable bonds is 3. The maximum Gasteiger partial charge on any atom is 0.348 e. The zero-order valence-corrected chi connectivity index (χ0v) is 17.8. The van der Waals surface area contributed by atoms with Crippen LogP contribution in [0, 0.1) is 0 Å². The Labute approximate surface area is 182 Å². The third-order valence-corrected chi connectivity index (χ3v) is 6.35. The number of hydrogen-bond acceptors (Lipinski definition) is 6. The first kappa shape index (κ1) is 18.9. The molecule has 5 rings (SSSR count). The molecule has 0 N–H and O–H groups in total. The van der Waals surface area contributed by atoms with Gasteiger partial charge in [0.05, 0.1) is 5.69 Å². The number of benzene rings is 2. The van der Waals surface area contributed by atoms with Gasteiger partial charge in [0.2, 0.25) is 17.7 Å². The third-order valence-electron chi connectivity index (χ3n) is 4.95. The monoisotopic (exact) mass is 480 g/mol. The van der Waals surface area contributed by atoms with Gasteiger partial charge in [-0.25, -0.2) is 9.78 Å². The molecule has 1 fully saturated rings. The van der Waals surface area contributed by atoms with Crippen molar-refractivity contribution in [1.82, 2.24) is 4.98 Å². The van der Waals surface area contributed by atoms with Gasteiger partial charge in [0.25, 0.3) is 0 Å². The number of aromatic nitrogens is 1. The van der Waals surface area contributed by atoms with Crippen LogP contribution in [0.1, 0.15) is 12.8 Å². The fourth-order valence-electron chi connectivity index (χ4n) is 3.46. The lowest BCUT2D eigenvalue weighted by atomic mass is 10.1. The van der Waals surface area contributed by atoms with Crippen molar-refractivity contribution in [3.05, 3.63) is 68.8 Å². The number of thiophene rings is 1. The Morgan fingerprint density at radius 3 is 2.20 bits per heavy atom. The Bertz CT molecular complexity index is 1340. The Hall–Kier alpha value is -3.10. The van der Waals surface area contributed by atoms with Crippen LogP contribution in [0.2, 0.25) is 0 Å². The van der Waals surface area contributed by atoms with Crippen molar-refractivity contribution < 1.29 is 14.0 Å². The molecule has 0 unspecified atom stereocenters. The van der Waals surface area contributed by atoms with Crippen LogP contribution in [0.3, 0.4) is 0 Å². The first-order valence-electron chi connectivity index (χ1n) is 9.16. The summed E-state index contributed by atoms with van der Waals surface area (Å²) in [5, 5.41) is 2.35. The van der Waals surface area contributed by atoms with Gasteiger partial charge in [-0.3, -0.25) is 14.5 Å². The number of anilines is 1. The fraction of sp³-hybridized carbons (Fsp3) is 0.0909. The summed E-state index contributed by atoms with van der Waals surface area (Å²) in [4.78, 5) is 42.8. The van der Waals surface area contributed by atoms with Crippen molar-refractivity contribution in [3.63, 3.8) is 0 Å². The molecule has 8 heteroatoms. The molecule has 30 heavy (non-hydrogen) atoms. The molecule has 1 saturated heterocycles. The normalized spacial score (nSPS) is 14.1. The second-order valence-corrected chi connectivity index (χ2v) is 8.59. The van der Waals surface area contributed by atoms with Crippen molar-refractivity contribution >= 4 is 55.0 Å². The van der Waals surface area contributed by atoms with E-state index in [2.05, 4.69) is 20.9 Å². The second-order valence-electron chi connectivity index (χ2n) is 6.81. The average molecular weight is 481 g/mol. The minimum Gasteiger partial charge on any atom is -0.403 e. The van der Waals surface area contributed by atoms with E-state index in [4.69, 9.17) is 4.42 Å². The number of fused-ring (bicyclic) bond motifs is 1. The van der Waals surface area contributed by atoms with E-state index in [-0.39, 0.29) is 30.5 Å². The Balaban J connectivity index is 1.53. The molecule has 0 saturated carbocycles. The van der Waals surface area contributed by atoms with Gasteiger partial charge >= 0.3 is 5.63 Å². The Morgan fingerprint density at radius 2 is 1.53 bits per heavy atom. The van der Waals surface area contributed by atoms with Crippen LogP contribution in [0.5, 0.6) is 0 Å². The molecular formula is C22H13BrN2O4S. The number of nitrogens with zero attached hydrogens (tertiary/aromatic N) is 2. The lowest BCUT2D eigenvalue weighted by molar-refractivity contribution is -0.121. The molecule has 0 atom stereocenters. The van der Waals surface area contributed by atoms with E-state index in [1.54, 1.807) is 24.3 Å². The van der Waals surface area contributed by atoms with E-state index in [1.807, 2.05) is 29.6 Å². The quantitative estimate of drug-likeness (QED) is 0.385. The first-order valence-corrected chi connectivity index (χ1v) is 10.8. The molecule has 2 aromatic carbocycles. The summed E-state index contributed by atoms with van der Waals surface area (Å²) in [6, 6.07) is 14.4. The number of carbonyl (C=O) groups is 2. The highest BCUT2D eigenvalue weighted by Crippen LogP contribution is 2.33. The van der Waals surface area contributed by atoms with Crippen molar-refractivity contribution in [3.8, 4) is 22.6 Å². The first-order chi connectivity index (χ1) is 14.5. The van der Waals surface area contributed by atoms with Crippen LogP contribution >= 0.6 is 27.3 Å². The maximum atomic E-state index is 12.8. The minimum absolute atomic E-state index is 0.197. The summed E-state index contributed by atoms with van der Waals surface area (Å²) in [5.41, 5.74) is 2.34. The number of hydrogen-bond donors (Lipinski definition) is 0. The summed E-state index contributed by atoms with van der Waals surface area (Å²) in [5.74, 6) is -0.224. The molecule has 1 aliphatic heterocycles. The molecule has 0 radical (unpaired) electrons. The summed E-state index contributed by atoms with van der Waals surface area (Å²) >= 11 is 4.79. The number of amides is 2. The molecule has 1 aliphatic rings. The van der Waals surface area contributed by atoms with Crippen LogP contribution in [0.4, 0.5) is 5.69 Å². The van der Waals surface area contributed by atoms with Gasteiger partial charge in [-0.1, -0.05) is 28.1 Å². The molecule has 0 spiro atoms. The van der Waals surface area contributed by atoms with Gasteiger partial charge < -0.3 is 4.42 Å². The van der Waals surface area contributed by atoms with Gasteiger partial charge in [-0.2, -0.15) is 0 Å². The van der Waals surface area contributed by atoms with Crippen LogP contribution in [-0.4, -0.2) is 16.8 Å². The summed E-state index contributed by atoms with van der Waals surface area (Å²) < 4.78 is 6.47. The SMILES string of the molecule is O=C1CCC(=O)N1c1ccc(-c2nc3scc(-c4ccc(Br)cc4)c3c(=O)o2)cc1. The zero-order valence-electron chi connectivity index (χ0n) is 15.4. The van der Waals surface area contributed by atoms with E-state index in [1.165, 1.54) is 16.2 Å². The highest BCUT2D eigenvalue weighted by atomic mass is 79.9. The van der Waals surface area contributed by atoms with Crippen molar-refractivity contribution in [2.75, 3.05) is 4.90 Å². The predicted molar refractivity (Wildman–Crippen MR) is 118 cm³/mol. The summed E-state index contributed by atoms with van der Waals surface area (Å²) in [6.45, 7) is 0. The van der Waals surface area contributed by atoms with Gasteiger partial charge in [-0.05, 0) is 42.0 Å². The molecule has 4 aromatic rings. The smallest absolute Gasteiger partial charge is 0.348 e. The molecule has 148 valence electrons. The van der Waals surface area contributed by atoms with Gasteiger partial charge in [0.15, 0.2) is 0 Å². The van der Waals surface area contributed by atoms with Crippen molar-refractivity contribution in [1.29, 1.82) is 0 Å². The zero-order chi connectivity index (χ0) is 20.8. The van der Waals surface area contributed by atoms with E-state index in [0.717, 1.165) is 15.6 Å². The molecule has 6 nitrogen and oxygen atoms in total. The second kappa shape index (κ2) is 7.30. The molecule has 0 bridgehead atoms. The van der Waals surface area contributed by atoms with Gasteiger partial charge in [-0.15, -0.1) is 11.3 Å². The molecule has 2 amide bonds. The molecular weight excluding hydrogens is 468 g/mol. The standard InChI is InChI=1S/C22H13BrN2O4S/c23-14-5-1-12(2-6-14)16-11-30-21-19(16)22(28)29-20(24-21)13-3-7-15(8-4-13)25-17(26)9-10-18(25)27/h1-8,11H,9-10H2. The summed E-state index contributed by atoms with van der Waals surface area (Å²) in [6.07, 6.45) is 0.458. The highest BCUT2D eigenvalue weighted by Gasteiger charge is 2.30. The summed E-state index contributed by atoms with van der Waals surface area (Å²) in [7, 11) is 0. The number of imide groups is 1. The lowest BCUT2D eigenvalue weighted by Gasteiger charge is -2.13. The lowest BCUT2D eigenvalue weighted by Crippen LogP contribution is -2.28. The predicted octanol–water partition coefficient (Wildman–Crippen LogP) is 5.00.